The van der Waals surface area contributed by atoms with E-state index in [2.05, 4.69) is 9.72 Å². The zero-order valence-corrected chi connectivity index (χ0v) is 8.88. The van der Waals surface area contributed by atoms with E-state index < -0.39 is 5.97 Å². The Morgan fingerprint density at radius 3 is 3.00 bits per heavy atom. The van der Waals surface area contributed by atoms with E-state index in [4.69, 9.17) is 5.11 Å². The average Bonchev–Trinajstić information content (AvgIpc) is 2.28. The number of carbonyl (C=O) groups excluding carboxylic acids is 1. The van der Waals surface area contributed by atoms with Gasteiger partial charge in [0.05, 0.1) is 13.2 Å². The third-order valence-electron chi connectivity index (χ3n) is 1.87. The molecule has 0 radical (unpaired) electrons. The van der Waals surface area contributed by atoms with Gasteiger partial charge in [0.2, 0.25) is 0 Å². The molecule has 0 spiro atoms. The van der Waals surface area contributed by atoms with Crippen LogP contribution in [-0.4, -0.2) is 27.8 Å². The number of aromatic hydroxyl groups is 1. The van der Waals surface area contributed by atoms with Crippen LogP contribution in [0, 0.1) is 0 Å². The topological polar surface area (TPSA) is 79.7 Å². The van der Waals surface area contributed by atoms with E-state index in [9.17, 15) is 9.90 Å². The third kappa shape index (κ3) is 3.06. The molecule has 1 heterocycles. The first-order valence-corrected chi connectivity index (χ1v) is 4.81. The SMILES string of the molecule is CCOC(=O)C=Cc1nccc(CO)c1O. The Bertz CT molecular complexity index is 401. The standard InChI is InChI=1S/C11H13NO4/c1-2-16-10(14)4-3-9-11(15)8(7-13)5-6-12-9/h3-6,13,15H,2,7H2,1H3. The predicted octanol–water partition coefficient (Wildman–Crippen LogP) is 0.856. The van der Waals surface area contributed by atoms with Crippen LogP contribution in [0.2, 0.25) is 0 Å². The van der Waals surface area contributed by atoms with Crippen LogP contribution < -0.4 is 0 Å². The Morgan fingerprint density at radius 1 is 1.62 bits per heavy atom. The van der Waals surface area contributed by atoms with Gasteiger partial charge in [-0.15, -0.1) is 0 Å². The van der Waals surface area contributed by atoms with E-state index in [0.29, 0.717) is 12.2 Å². The third-order valence-corrected chi connectivity index (χ3v) is 1.87. The van der Waals surface area contributed by atoms with Crippen molar-refractivity contribution in [3.63, 3.8) is 0 Å². The number of esters is 1. The molecule has 0 atom stereocenters. The van der Waals surface area contributed by atoms with Gasteiger partial charge in [-0.25, -0.2) is 4.79 Å². The zero-order valence-electron chi connectivity index (χ0n) is 8.88. The Hall–Kier alpha value is -1.88. The van der Waals surface area contributed by atoms with Gasteiger partial charge in [-0.05, 0) is 19.1 Å². The van der Waals surface area contributed by atoms with E-state index in [-0.39, 0.29) is 18.1 Å². The van der Waals surface area contributed by atoms with Gasteiger partial charge < -0.3 is 14.9 Å². The summed E-state index contributed by atoms with van der Waals surface area (Å²) in [6, 6.07) is 1.50. The van der Waals surface area contributed by atoms with Crippen molar-refractivity contribution in [2.45, 2.75) is 13.5 Å². The summed E-state index contributed by atoms with van der Waals surface area (Å²) in [6.07, 6.45) is 3.95. The number of ether oxygens (including phenoxy) is 1. The highest BCUT2D eigenvalue weighted by Crippen LogP contribution is 2.21. The molecule has 0 fully saturated rings. The zero-order chi connectivity index (χ0) is 12.0. The van der Waals surface area contributed by atoms with Crippen molar-refractivity contribution in [3.05, 3.63) is 29.6 Å². The summed E-state index contributed by atoms with van der Waals surface area (Å²) in [5, 5.41) is 18.5. The van der Waals surface area contributed by atoms with Crippen molar-refractivity contribution in [1.82, 2.24) is 4.98 Å². The van der Waals surface area contributed by atoms with Gasteiger partial charge in [0.15, 0.2) is 0 Å². The van der Waals surface area contributed by atoms with Crippen LogP contribution in [0.5, 0.6) is 5.75 Å². The van der Waals surface area contributed by atoms with Crippen molar-refractivity contribution in [3.8, 4) is 5.75 Å². The molecule has 0 saturated heterocycles. The minimum Gasteiger partial charge on any atom is -0.505 e. The van der Waals surface area contributed by atoms with Crippen LogP contribution in [0.3, 0.4) is 0 Å². The first kappa shape index (κ1) is 12.2. The number of carbonyl (C=O) groups is 1. The van der Waals surface area contributed by atoms with Gasteiger partial charge in [0.1, 0.15) is 11.4 Å². The van der Waals surface area contributed by atoms with Crippen molar-refractivity contribution < 1.29 is 19.7 Å². The number of hydrogen-bond donors (Lipinski definition) is 2. The largest absolute Gasteiger partial charge is 0.505 e. The lowest BCUT2D eigenvalue weighted by molar-refractivity contribution is -0.137. The maximum absolute atomic E-state index is 11.0. The van der Waals surface area contributed by atoms with Crippen LogP contribution in [0.15, 0.2) is 18.3 Å². The highest BCUT2D eigenvalue weighted by molar-refractivity contribution is 5.87. The number of aromatic nitrogens is 1. The number of aliphatic hydroxyl groups is 1. The summed E-state index contributed by atoms with van der Waals surface area (Å²) in [5.41, 5.74) is 0.582. The fourth-order valence-corrected chi connectivity index (χ4v) is 1.10. The van der Waals surface area contributed by atoms with Crippen LogP contribution >= 0.6 is 0 Å². The molecule has 2 N–H and O–H groups in total. The molecular weight excluding hydrogens is 210 g/mol. The van der Waals surface area contributed by atoms with Crippen LogP contribution in [0.1, 0.15) is 18.2 Å². The summed E-state index contributed by atoms with van der Waals surface area (Å²) >= 11 is 0. The van der Waals surface area contributed by atoms with Gasteiger partial charge in [0, 0.05) is 17.8 Å². The lowest BCUT2D eigenvalue weighted by Gasteiger charge is -2.02. The Balaban J connectivity index is 2.85. The molecule has 0 saturated carbocycles. The maximum atomic E-state index is 11.0. The van der Waals surface area contributed by atoms with Gasteiger partial charge in [0.25, 0.3) is 0 Å². The minimum absolute atomic E-state index is 0.134. The summed E-state index contributed by atoms with van der Waals surface area (Å²) in [5.74, 6) is -0.636. The summed E-state index contributed by atoms with van der Waals surface area (Å²) in [4.78, 5) is 14.9. The first-order valence-electron chi connectivity index (χ1n) is 4.81. The summed E-state index contributed by atoms with van der Waals surface area (Å²) in [6.45, 7) is 1.71. The molecular formula is C11H13NO4. The molecule has 0 aliphatic heterocycles. The van der Waals surface area contributed by atoms with E-state index in [1.807, 2.05) is 0 Å². The molecule has 16 heavy (non-hydrogen) atoms. The molecule has 5 heteroatoms. The quantitative estimate of drug-likeness (QED) is 0.584. The molecule has 0 aromatic carbocycles. The molecule has 86 valence electrons. The molecule has 1 rings (SSSR count). The molecule has 5 nitrogen and oxygen atoms in total. The molecule has 0 aliphatic carbocycles. The molecule has 0 unspecified atom stereocenters. The molecule has 0 bridgehead atoms. The fraction of sp³-hybridized carbons (Fsp3) is 0.273. The second kappa shape index (κ2) is 5.87. The lowest BCUT2D eigenvalue weighted by Crippen LogP contribution is -1.99. The molecule has 0 amide bonds. The fourth-order valence-electron chi connectivity index (χ4n) is 1.10. The van der Waals surface area contributed by atoms with Crippen molar-refractivity contribution in [2.24, 2.45) is 0 Å². The van der Waals surface area contributed by atoms with Crippen LogP contribution in [-0.2, 0) is 16.1 Å². The highest BCUT2D eigenvalue weighted by atomic mass is 16.5. The number of pyridine rings is 1. The summed E-state index contributed by atoms with van der Waals surface area (Å²) in [7, 11) is 0. The minimum atomic E-state index is -0.502. The van der Waals surface area contributed by atoms with E-state index in [1.54, 1.807) is 6.92 Å². The van der Waals surface area contributed by atoms with E-state index >= 15 is 0 Å². The van der Waals surface area contributed by atoms with Gasteiger partial charge in [-0.2, -0.15) is 0 Å². The van der Waals surface area contributed by atoms with Gasteiger partial charge in [-0.1, -0.05) is 0 Å². The van der Waals surface area contributed by atoms with Gasteiger partial charge in [-0.3, -0.25) is 4.98 Å². The smallest absolute Gasteiger partial charge is 0.330 e. The van der Waals surface area contributed by atoms with E-state index in [0.717, 1.165) is 0 Å². The Labute approximate surface area is 93.0 Å². The first-order chi connectivity index (χ1) is 7.69. The Kier molecular flexibility index (Phi) is 4.47. The number of hydrogen-bond acceptors (Lipinski definition) is 5. The lowest BCUT2D eigenvalue weighted by atomic mass is 10.2. The van der Waals surface area contributed by atoms with Crippen molar-refractivity contribution in [1.29, 1.82) is 0 Å². The number of aliphatic hydroxyl groups excluding tert-OH is 1. The van der Waals surface area contributed by atoms with Crippen LogP contribution in [0.25, 0.3) is 6.08 Å². The number of rotatable bonds is 4. The maximum Gasteiger partial charge on any atom is 0.330 e. The summed E-state index contributed by atoms with van der Waals surface area (Å²) < 4.78 is 4.68. The second-order valence-electron chi connectivity index (χ2n) is 2.95. The van der Waals surface area contributed by atoms with E-state index in [1.165, 1.54) is 24.4 Å². The highest BCUT2D eigenvalue weighted by Gasteiger charge is 2.05. The van der Waals surface area contributed by atoms with Crippen molar-refractivity contribution >= 4 is 12.0 Å². The molecule has 1 aromatic rings. The normalized spacial score (nSPS) is 10.6. The monoisotopic (exact) mass is 223 g/mol. The molecule has 1 aromatic heterocycles. The number of nitrogens with zero attached hydrogens (tertiary/aromatic N) is 1. The molecule has 0 aliphatic rings. The second-order valence-corrected chi connectivity index (χ2v) is 2.95. The average molecular weight is 223 g/mol. The van der Waals surface area contributed by atoms with Gasteiger partial charge >= 0.3 is 5.97 Å². The van der Waals surface area contributed by atoms with Crippen LogP contribution in [0.4, 0.5) is 0 Å². The Morgan fingerprint density at radius 2 is 2.38 bits per heavy atom. The predicted molar refractivity (Wildman–Crippen MR) is 57.5 cm³/mol. The van der Waals surface area contributed by atoms with Crippen molar-refractivity contribution in [2.75, 3.05) is 6.61 Å².